The standard InChI is InChI=1S/C27H41N3O3/c1-4-5-17-6-8-20(9-7-17)27(33)30-21-14-22(25(28)31)24(23(15-21)26(29)32)19-12-10-18(11-13-19)16(2)3/h14-20H,4-13H2,1-3H3,(H2,28,31)(H2,29,32)(H,30,33). The van der Waals surface area contributed by atoms with E-state index in [1.165, 1.54) is 12.8 Å². The van der Waals surface area contributed by atoms with Crippen LogP contribution in [-0.2, 0) is 4.79 Å². The fraction of sp³-hybridized carbons (Fsp3) is 0.667. The van der Waals surface area contributed by atoms with Gasteiger partial charge in [0.25, 0.3) is 0 Å². The molecule has 0 spiro atoms. The molecule has 5 N–H and O–H groups in total. The number of carbonyl (C=O) groups is 3. The van der Waals surface area contributed by atoms with Crippen molar-refractivity contribution >= 4 is 23.4 Å². The fourth-order valence-corrected chi connectivity index (χ4v) is 6.01. The van der Waals surface area contributed by atoms with E-state index in [-0.39, 0.29) is 17.7 Å². The van der Waals surface area contributed by atoms with Crippen LogP contribution in [0.25, 0.3) is 0 Å². The summed E-state index contributed by atoms with van der Waals surface area (Å²) in [5.41, 5.74) is 13.2. The molecule has 0 radical (unpaired) electrons. The predicted octanol–water partition coefficient (Wildman–Crippen LogP) is 5.36. The third-order valence-corrected chi connectivity index (χ3v) is 8.02. The molecule has 182 valence electrons. The molecule has 6 heteroatoms. The van der Waals surface area contributed by atoms with Crippen LogP contribution in [0.5, 0.6) is 0 Å². The first-order chi connectivity index (χ1) is 15.7. The van der Waals surface area contributed by atoms with Crippen molar-refractivity contribution in [1.82, 2.24) is 0 Å². The van der Waals surface area contributed by atoms with E-state index in [4.69, 9.17) is 11.5 Å². The first-order valence-electron chi connectivity index (χ1n) is 12.8. The van der Waals surface area contributed by atoms with Crippen LogP contribution in [0.3, 0.4) is 0 Å². The van der Waals surface area contributed by atoms with Crippen LogP contribution in [0.2, 0.25) is 0 Å². The van der Waals surface area contributed by atoms with Crippen LogP contribution in [0.15, 0.2) is 12.1 Å². The molecule has 2 fully saturated rings. The van der Waals surface area contributed by atoms with E-state index in [0.717, 1.165) is 51.4 Å². The van der Waals surface area contributed by atoms with Crippen LogP contribution in [0, 0.1) is 23.7 Å². The largest absolute Gasteiger partial charge is 0.366 e. The Hall–Kier alpha value is -2.37. The highest BCUT2D eigenvalue weighted by molar-refractivity contribution is 6.04. The van der Waals surface area contributed by atoms with Crippen molar-refractivity contribution in [1.29, 1.82) is 0 Å². The van der Waals surface area contributed by atoms with Gasteiger partial charge in [0.2, 0.25) is 17.7 Å². The summed E-state index contributed by atoms with van der Waals surface area (Å²) in [5, 5.41) is 2.95. The van der Waals surface area contributed by atoms with Gasteiger partial charge in [-0.15, -0.1) is 0 Å². The van der Waals surface area contributed by atoms with Crippen molar-refractivity contribution in [3.63, 3.8) is 0 Å². The molecule has 0 saturated heterocycles. The maximum atomic E-state index is 12.9. The molecule has 6 nitrogen and oxygen atoms in total. The highest BCUT2D eigenvalue weighted by Crippen LogP contribution is 2.42. The zero-order valence-corrected chi connectivity index (χ0v) is 20.5. The minimum atomic E-state index is -0.588. The van der Waals surface area contributed by atoms with Gasteiger partial charge in [-0.25, -0.2) is 0 Å². The lowest BCUT2D eigenvalue weighted by molar-refractivity contribution is -0.121. The van der Waals surface area contributed by atoms with Gasteiger partial charge in [0.1, 0.15) is 0 Å². The lowest BCUT2D eigenvalue weighted by Crippen LogP contribution is -2.28. The molecule has 2 aliphatic rings. The molecule has 3 amide bonds. The zero-order chi connectivity index (χ0) is 24.1. The quantitative estimate of drug-likeness (QED) is 0.490. The van der Waals surface area contributed by atoms with Crippen LogP contribution in [0.4, 0.5) is 5.69 Å². The molecule has 0 heterocycles. The molecule has 1 aromatic carbocycles. The molecule has 0 aliphatic heterocycles. The summed E-state index contributed by atoms with van der Waals surface area (Å²) in [7, 11) is 0. The Morgan fingerprint density at radius 3 is 1.91 bits per heavy atom. The molecule has 2 saturated carbocycles. The zero-order valence-electron chi connectivity index (χ0n) is 20.5. The van der Waals surface area contributed by atoms with Crippen molar-refractivity contribution in [2.24, 2.45) is 35.1 Å². The number of nitrogens with two attached hydrogens (primary N) is 2. The van der Waals surface area contributed by atoms with Gasteiger partial charge >= 0.3 is 0 Å². The van der Waals surface area contributed by atoms with Crippen molar-refractivity contribution in [3.05, 3.63) is 28.8 Å². The maximum Gasteiger partial charge on any atom is 0.249 e. The van der Waals surface area contributed by atoms with Crippen LogP contribution in [0.1, 0.15) is 117 Å². The first-order valence-corrected chi connectivity index (χ1v) is 12.8. The number of primary amides is 2. The first kappa shape index (κ1) is 25.3. The molecule has 3 rings (SSSR count). The van der Waals surface area contributed by atoms with Crippen molar-refractivity contribution in [2.45, 2.75) is 90.9 Å². The maximum absolute atomic E-state index is 12.9. The molecule has 0 unspecified atom stereocenters. The third kappa shape index (κ3) is 6.15. The minimum Gasteiger partial charge on any atom is -0.366 e. The summed E-state index contributed by atoms with van der Waals surface area (Å²) in [4.78, 5) is 37.8. The second-order valence-corrected chi connectivity index (χ2v) is 10.6. The number of hydrogen-bond donors (Lipinski definition) is 3. The monoisotopic (exact) mass is 455 g/mol. The van der Waals surface area contributed by atoms with E-state index in [1.807, 2.05) is 0 Å². The highest BCUT2D eigenvalue weighted by Gasteiger charge is 2.31. The highest BCUT2D eigenvalue weighted by atomic mass is 16.2. The molecule has 0 atom stereocenters. The minimum absolute atomic E-state index is 0.0434. The van der Waals surface area contributed by atoms with Gasteiger partial charge in [-0.05, 0) is 92.7 Å². The van der Waals surface area contributed by atoms with Gasteiger partial charge in [-0.2, -0.15) is 0 Å². The summed E-state index contributed by atoms with van der Waals surface area (Å²) in [5.74, 6) is 0.784. The Kier molecular flexibility index (Phi) is 8.55. The number of carbonyl (C=O) groups excluding carboxylic acids is 3. The Morgan fingerprint density at radius 1 is 0.909 bits per heavy atom. The van der Waals surface area contributed by atoms with Gasteiger partial charge in [0, 0.05) is 22.7 Å². The number of nitrogens with one attached hydrogen (secondary N) is 1. The van der Waals surface area contributed by atoms with Gasteiger partial charge in [0.15, 0.2) is 0 Å². The molecule has 0 aromatic heterocycles. The van der Waals surface area contributed by atoms with E-state index in [1.54, 1.807) is 12.1 Å². The fourth-order valence-electron chi connectivity index (χ4n) is 6.01. The van der Waals surface area contributed by atoms with Gasteiger partial charge < -0.3 is 16.8 Å². The molecule has 0 bridgehead atoms. The van der Waals surface area contributed by atoms with Gasteiger partial charge in [-0.1, -0.05) is 33.6 Å². The number of amides is 3. The molecular formula is C27H41N3O3. The van der Waals surface area contributed by atoms with Crippen LogP contribution < -0.4 is 16.8 Å². The van der Waals surface area contributed by atoms with Crippen LogP contribution in [-0.4, -0.2) is 17.7 Å². The Morgan fingerprint density at radius 2 is 1.45 bits per heavy atom. The molecular weight excluding hydrogens is 414 g/mol. The topological polar surface area (TPSA) is 115 Å². The summed E-state index contributed by atoms with van der Waals surface area (Å²) in [6, 6.07) is 3.28. The number of benzene rings is 1. The Bertz CT molecular complexity index is 828. The molecule has 2 aliphatic carbocycles. The van der Waals surface area contributed by atoms with Crippen molar-refractivity contribution in [2.75, 3.05) is 5.32 Å². The summed E-state index contributed by atoms with van der Waals surface area (Å²) < 4.78 is 0. The normalized spacial score (nSPS) is 25.6. The smallest absolute Gasteiger partial charge is 0.249 e. The summed E-state index contributed by atoms with van der Waals surface area (Å²) >= 11 is 0. The Balaban J connectivity index is 1.81. The number of hydrogen-bond acceptors (Lipinski definition) is 3. The molecule has 1 aromatic rings. The van der Waals surface area contributed by atoms with Gasteiger partial charge in [0.05, 0.1) is 0 Å². The van der Waals surface area contributed by atoms with Crippen molar-refractivity contribution in [3.8, 4) is 0 Å². The van der Waals surface area contributed by atoms with Gasteiger partial charge in [-0.3, -0.25) is 14.4 Å². The molecule has 33 heavy (non-hydrogen) atoms. The average molecular weight is 456 g/mol. The number of rotatable bonds is 8. The second kappa shape index (κ2) is 11.2. The average Bonchev–Trinajstić information content (AvgIpc) is 2.79. The number of anilines is 1. The van der Waals surface area contributed by atoms with E-state index >= 15 is 0 Å². The Labute approximate surface area is 198 Å². The van der Waals surface area contributed by atoms with E-state index in [2.05, 4.69) is 26.1 Å². The van der Waals surface area contributed by atoms with E-state index in [0.29, 0.717) is 40.1 Å². The summed E-state index contributed by atoms with van der Waals surface area (Å²) in [6.45, 7) is 6.68. The lowest BCUT2D eigenvalue weighted by Gasteiger charge is -2.33. The van der Waals surface area contributed by atoms with E-state index < -0.39 is 11.8 Å². The second-order valence-electron chi connectivity index (χ2n) is 10.6. The predicted molar refractivity (Wildman–Crippen MR) is 132 cm³/mol. The SMILES string of the molecule is CCCC1CCC(C(=O)Nc2cc(C(N)=O)c(C3CCC(C(C)C)CC3)c(C(N)=O)c2)CC1. The summed E-state index contributed by atoms with van der Waals surface area (Å²) in [6.07, 6.45) is 10.2. The lowest BCUT2D eigenvalue weighted by atomic mass is 9.72. The van der Waals surface area contributed by atoms with Crippen LogP contribution >= 0.6 is 0 Å². The van der Waals surface area contributed by atoms with Crippen molar-refractivity contribution < 1.29 is 14.4 Å². The van der Waals surface area contributed by atoms with E-state index in [9.17, 15) is 14.4 Å². The third-order valence-electron chi connectivity index (χ3n) is 8.02.